The van der Waals surface area contributed by atoms with Crippen molar-refractivity contribution in [3.63, 3.8) is 0 Å². The van der Waals surface area contributed by atoms with E-state index in [1.807, 2.05) is 0 Å². The van der Waals surface area contributed by atoms with E-state index in [4.69, 9.17) is 23.2 Å². The predicted molar refractivity (Wildman–Crippen MR) is 123 cm³/mol. The van der Waals surface area contributed by atoms with Gasteiger partial charge in [-0.05, 0) is 66.8 Å². The van der Waals surface area contributed by atoms with Crippen LogP contribution in [0.15, 0.2) is 36.4 Å². The summed E-state index contributed by atoms with van der Waals surface area (Å²) in [4.78, 5) is 14.3. The van der Waals surface area contributed by atoms with Gasteiger partial charge in [-0.1, -0.05) is 23.2 Å². The van der Waals surface area contributed by atoms with Gasteiger partial charge in [-0.25, -0.2) is 8.42 Å². The summed E-state index contributed by atoms with van der Waals surface area (Å²) >= 11 is 12.0. The van der Waals surface area contributed by atoms with Gasteiger partial charge >= 0.3 is 6.18 Å². The van der Waals surface area contributed by atoms with Gasteiger partial charge in [0.15, 0.2) is 15.6 Å². The molecule has 0 radical (unpaired) electrons. The van der Waals surface area contributed by atoms with E-state index in [0.717, 1.165) is 0 Å². The molecule has 2 aromatic rings. The normalized spacial score (nSPS) is 22.9. The molecule has 2 aliphatic rings. The van der Waals surface area contributed by atoms with E-state index in [9.17, 15) is 26.4 Å². The Labute approximate surface area is 200 Å². The lowest BCUT2D eigenvalue weighted by Gasteiger charge is -2.33. The zero-order valence-electron chi connectivity index (χ0n) is 17.8. The number of hydrogen-bond acceptors (Lipinski definition) is 4. The highest BCUT2D eigenvalue weighted by Crippen LogP contribution is 2.49. The monoisotopic (exact) mass is 519 g/mol. The van der Waals surface area contributed by atoms with Gasteiger partial charge in [-0.2, -0.15) is 13.2 Å². The molecule has 2 saturated heterocycles. The number of carbonyl (C=O) groups is 1. The Bertz CT molecular complexity index is 1180. The minimum Gasteiger partial charge on any atom is -0.370 e. The molecule has 0 saturated carbocycles. The van der Waals surface area contributed by atoms with Gasteiger partial charge in [0.1, 0.15) is 5.41 Å². The number of halogens is 5. The molecule has 0 unspecified atom stereocenters. The van der Waals surface area contributed by atoms with Crippen LogP contribution >= 0.6 is 23.2 Å². The first kappa shape index (κ1) is 24.4. The van der Waals surface area contributed by atoms with E-state index in [2.05, 4.69) is 0 Å². The van der Waals surface area contributed by atoms with Crippen LogP contribution in [0.3, 0.4) is 0 Å². The van der Waals surface area contributed by atoms with E-state index in [1.54, 1.807) is 30.0 Å². The first-order valence-corrected chi connectivity index (χ1v) is 13.0. The molecule has 0 bridgehead atoms. The zero-order valence-corrected chi connectivity index (χ0v) is 20.1. The highest BCUT2D eigenvalue weighted by atomic mass is 35.5. The highest BCUT2D eigenvalue weighted by molar-refractivity contribution is 7.92. The van der Waals surface area contributed by atoms with Gasteiger partial charge in [-0.3, -0.25) is 4.79 Å². The number of benzene rings is 2. The Hall–Kier alpha value is -1.77. The Balaban J connectivity index is 1.56. The Morgan fingerprint density at radius 3 is 2.30 bits per heavy atom. The molecule has 0 aromatic heterocycles. The van der Waals surface area contributed by atoms with Gasteiger partial charge < -0.3 is 4.90 Å². The van der Waals surface area contributed by atoms with Crippen molar-refractivity contribution in [2.75, 3.05) is 29.5 Å². The fourth-order valence-electron chi connectivity index (χ4n) is 4.81. The topological polar surface area (TPSA) is 54.5 Å². The number of aryl methyl sites for hydroxylation is 1. The second-order valence-electron chi connectivity index (χ2n) is 8.98. The summed E-state index contributed by atoms with van der Waals surface area (Å²) in [6, 6.07) is 9.01. The number of rotatable bonds is 5. The van der Waals surface area contributed by atoms with Crippen LogP contribution in [0, 0.1) is 12.8 Å². The Morgan fingerprint density at radius 1 is 1.12 bits per heavy atom. The SMILES string of the molecule is Cc1cc(N2CC[C@@](c3cc(Cl)cc(Cl)c3)(C(F)(F)F)C2)ccc1C(=O)CC1CS(=O)(=O)C1. The fraction of sp³-hybridized carbons (Fsp3) is 0.435. The quantitative estimate of drug-likeness (QED) is 0.480. The Kier molecular flexibility index (Phi) is 6.25. The maximum atomic E-state index is 14.3. The molecule has 2 aliphatic heterocycles. The average molecular weight is 520 g/mol. The number of ketones is 1. The average Bonchev–Trinajstić information content (AvgIpc) is 3.12. The molecular formula is C23H22Cl2F3NO3S. The molecule has 33 heavy (non-hydrogen) atoms. The van der Waals surface area contributed by atoms with Crippen molar-refractivity contribution in [3.8, 4) is 0 Å². The van der Waals surface area contributed by atoms with Crippen LogP contribution in [0.25, 0.3) is 0 Å². The van der Waals surface area contributed by atoms with Crippen molar-refractivity contribution >= 4 is 44.5 Å². The van der Waals surface area contributed by atoms with Crippen LogP contribution < -0.4 is 4.90 Å². The third kappa shape index (κ3) is 4.75. The largest absolute Gasteiger partial charge is 0.400 e. The number of alkyl halides is 3. The number of carbonyl (C=O) groups excluding carboxylic acids is 1. The summed E-state index contributed by atoms with van der Waals surface area (Å²) in [5, 5.41) is 0.301. The van der Waals surface area contributed by atoms with Gasteiger partial charge in [0.2, 0.25) is 0 Å². The number of hydrogen-bond donors (Lipinski definition) is 0. The zero-order chi connectivity index (χ0) is 24.2. The molecule has 0 N–H and O–H groups in total. The lowest BCUT2D eigenvalue weighted by atomic mass is 9.79. The summed E-state index contributed by atoms with van der Waals surface area (Å²) in [7, 11) is -3.01. The minimum absolute atomic E-state index is 0.0245. The maximum absolute atomic E-state index is 14.3. The second kappa shape index (κ2) is 8.47. The predicted octanol–water partition coefficient (Wildman–Crippen LogP) is 5.63. The standard InChI is InChI=1S/C23H22Cl2F3NO3S/c1-14-6-19(2-3-20(14)21(30)7-15-11-33(31,32)12-15)29-5-4-22(13-29,23(26,27)28)16-8-17(24)10-18(25)9-16/h2-3,6,8-10,15H,4-5,7,11-13H2,1H3/t22-/m1/s1. The van der Waals surface area contributed by atoms with Crippen LogP contribution in [0.4, 0.5) is 18.9 Å². The first-order chi connectivity index (χ1) is 15.3. The molecule has 4 nitrogen and oxygen atoms in total. The molecule has 2 heterocycles. The van der Waals surface area contributed by atoms with Crippen LogP contribution in [-0.2, 0) is 15.3 Å². The van der Waals surface area contributed by atoms with Crippen LogP contribution in [0.1, 0.15) is 34.3 Å². The van der Waals surface area contributed by atoms with Crippen molar-refractivity contribution in [3.05, 3.63) is 63.1 Å². The molecule has 10 heteroatoms. The number of sulfone groups is 1. The van der Waals surface area contributed by atoms with E-state index < -0.39 is 21.4 Å². The van der Waals surface area contributed by atoms with E-state index in [-0.39, 0.29) is 64.7 Å². The van der Waals surface area contributed by atoms with Crippen LogP contribution in [0.5, 0.6) is 0 Å². The molecule has 4 rings (SSSR count). The van der Waals surface area contributed by atoms with Crippen molar-refractivity contribution < 1.29 is 26.4 Å². The first-order valence-electron chi connectivity index (χ1n) is 10.4. The molecule has 1 atom stereocenters. The highest BCUT2D eigenvalue weighted by Gasteiger charge is 2.59. The number of Topliss-reactive ketones (excluding diaryl/α,β-unsaturated/α-hetero) is 1. The summed E-state index contributed by atoms with van der Waals surface area (Å²) in [5.74, 6) is -0.274. The van der Waals surface area contributed by atoms with E-state index >= 15 is 0 Å². The summed E-state index contributed by atoms with van der Waals surface area (Å²) in [6.07, 6.45) is -4.51. The van der Waals surface area contributed by atoms with Crippen LogP contribution in [-0.4, -0.2) is 45.0 Å². The van der Waals surface area contributed by atoms with Gasteiger partial charge in [-0.15, -0.1) is 0 Å². The minimum atomic E-state index is -4.51. The fourth-order valence-corrected chi connectivity index (χ4v) is 6.91. The number of nitrogens with zero attached hydrogens (tertiary/aromatic N) is 1. The number of anilines is 1. The van der Waals surface area contributed by atoms with Crippen LogP contribution in [0.2, 0.25) is 10.0 Å². The molecular weight excluding hydrogens is 498 g/mol. The molecule has 2 aromatic carbocycles. The van der Waals surface area contributed by atoms with Gasteiger partial charge in [0.05, 0.1) is 11.5 Å². The van der Waals surface area contributed by atoms with Gasteiger partial charge in [0.25, 0.3) is 0 Å². The van der Waals surface area contributed by atoms with Gasteiger partial charge in [0, 0.05) is 40.8 Å². The molecule has 0 amide bonds. The second-order valence-corrected chi connectivity index (χ2v) is 12.0. The summed E-state index contributed by atoms with van der Waals surface area (Å²) < 4.78 is 65.6. The smallest absolute Gasteiger partial charge is 0.370 e. The van der Waals surface area contributed by atoms with Crippen molar-refractivity contribution in [1.82, 2.24) is 0 Å². The maximum Gasteiger partial charge on any atom is 0.400 e. The van der Waals surface area contributed by atoms with E-state index in [1.165, 1.54) is 18.2 Å². The van der Waals surface area contributed by atoms with Crippen molar-refractivity contribution in [2.45, 2.75) is 31.4 Å². The molecule has 2 fully saturated rings. The van der Waals surface area contributed by atoms with Crippen molar-refractivity contribution in [2.24, 2.45) is 5.92 Å². The molecule has 0 spiro atoms. The molecule has 0 aliphatic carbocycles. The Morgan fingerprint density at radius 2 is 1.76 bits per heavy atom. The summed E-state index contributed by atoms with van der Waals surface area (Å²) in [5.41, 5.74) is -0.371. The van der Waals surface area contributed by atoms with Crippen molar-refractivity contribution in [1.29, 1.82) is 0 Å². The third-order valence-electron chi connectivity index (χ3n) is 6.56. The lowest BCUT2D eigenvalue weighted by Crippen LogP contribution is -2.44. The molecule has 178 valence electrons. The lowest BCUT2D eigenvalue weighted by molar-refractivity contribution is -0.184. The van der Waals surface area contributed by atoms with E-state index in [0.29, 0.717) is 16.8 Å². The summed E-state index contributed by atoms with van der Waals surface area (Å²) in [6.45, 7) is 1.62. The third-order valence-corrected chi connectivity index (χ3v) is 8.95.